The molecule has 5 heteroatoms. The van der Waals surface area contributed by atoms with Gasteiger partial charge < -0.3 is 10.1 Å². The Morgan fingerprint density at radius 1 is 1.17 bits per heavy atom. The minimum Gasteiger partial charge on any atom is -0.490 e. The number of benzene rings is 2. The summed E-state index contributed by atoms with van der Waals surface area (Å²) in [7, 11) is 0. The van der Waals surface area contributed by atoms with Crippen molar-refractivity contribution in [1.29, 1.82) is 0 Å². The summed E-state index contributed by atoms with van der Waals surface area (Å²) in [5.41, 5.74) is 1.91. The van der Waals surface area contributed by atoms with Gasteiger partial charge >= 0.3 is 0 Å². The zero-order valence-corrected chi connectivity index (χ0v) is 14.2. The summed E-state index contributed by atoms with van der Waals surface area (Å²) >= 11 is 7.40. The molecule has 0 atom stereocenters. The third-order valence-electron chi connectivity index (χ3n) is 2.92. The van der Waals surface area contributed by atoms with Crippen LogP contribution < -0.4 is 10.1 Å². The van der Waals surface area contributed by atoms with Gasteiger partial charge in [0, 0.05) is 16.5 Å². The van der Waals surface area contributed by atoms with E-state index in [9.17, 15) is 4.79 Å². The molecule has 1 amide bonds. The molecule has 2 aromatic carbocycles. The minimum absolute atomic E-state index is 0.0243. The van der Waals surface area contributed by atoms with Crippen LogP contribution in [0.15, 0.2) is 61.2 Å². The number of anilines is 1. The van der Waals surface area contributed by atoms with Crippen LogP contribution in [-0.2, 0) is 10.5 Å². The van der Waals surface area contributed by atoms with Crippen LogP contribution in [0.1, 0.15) is 5.56 Å². The van der Waals surface area contributed by atoms with E-state index in [1.165, 1.54) is 0 Å². The van der Waals surface area contributed by atoms with Gasteiger partial charge in [0.15, 0.2) is 0 Å². The highest BCUT2D eigenvalue weighted by Crippen LogP contribution is 2.18. The van der Waals surface area contributed by atoms with Gasteiger partial charge in [-0.05, 0) is 42.0 Å². The number of carbonyl (C=O) groups excluding carboxylic acids is 1. The second kappa shape index (κ2) is 9.28. The Hall–Kier alpha value is -1.91. The van der Waals surface area contributed by atoms with Gasteiger partial charge in [0.1, 0.15) is 12.4 Å². The number of amides is 1. The second-order valence-electron chi connectivity index (χ2n) is 4.79. The lowest BCUT2D eigenvalue weighted by Gasteiger charge is -2.07. The summed E-state index contributed by atoms with van der Waals surface area (Å²) in [4.78, 5) is 11.9. The van der Waals surface area contributed by atoms with Crippen molar-refractivity contribution < 1.29 is 9.53 Å². The molecule has 0 spiro atoms. The molecule has 0 aromatic heterocycles. The van der Waals surface area contributed by atoms with Gasteiger partial charge in [0.2, 0.25) is 5.91 Å². The minimum atomic E-state index is -0.0243. The number of hydrogen-bond donors (Lipinski definition) is 1. The molecule has 0 saturated heterocycles. The van der Waals surface area contributed by atoms with E-state index >= 15 is 0 Å². The van der Waals surface area contributed by atoms with Gasteiger partial charge in [0.05, 0.1) is 5.75 Å². The highest BCUT2D eigenvalue weighted by molar-refractivity contribution is 7.99. The summed E-state index contributed by atoms with van der Waals surface area (Å²) < 4.78 is 5.39. The normalized spacial score (nSPS) is 10.1. The van der Waals surface area contributed by atoms with E-state index in [0.717, 1.165) is 27.8 Å². The van der Waals surface area contributed by atoms with Gasteiger partial charge in [0.25, 0.3) is 0 Å². The first kappa shape index (κ1) is 17.4. The average molecular weight is 348 g/mol. The monoisotopic (exact) mass is 347 g/mol. The number of hydrogen-bond acceptors (Lipinski definition) is 3. The Kier molecular flexibility index (Phi) is 7.04. The fraction of sp³-hybridized carbons (Fsp3) is 0.167. The third kappa shape index (κ3) is 6.38. The number of nitrogens with one attached hydrogen (secondary N) is 1. The number of carbonyl (C=O) groups is 1. The Morgan fingerprint density at radius 3 is 2.52 bits per heavy atom. The molecule has 0 aliphatic heterocycles. The van der Waals surface area contributed by atoms with E-state index in [4.69, 9.17) is 16.3 Å². The highest BCUT2D eigenvalue weighted by atomic mass is 35.5. The third-order valence-corrected chi connectivity index (χ3v) is 4.18. The SMILES string of the molecule is C=CCOc1ccc(NC(=O)CSCc2ccc(Cl)cc2)cc1. The molecule has 0 aliphatic carbocycles. The van der Waals surface area contributed by atoms with E-state index in [1.807, 2.05) is 48.5 Å². The zero-order valence-electron chi connectivity index (χ0n) is 12.6. The maximum Gasteiger partial charge on any atom is 0.234 e. The lowest BCUT2D eigenvalue weighted by atomic mass is 10.2. The van der Waals surface area contributed by atoms with Crippen molar-refractivity contribution >= 4 is 35.0 Å². The molecule has 0 bridgehead atoms. The maximum absolute atomic E-state index is 11.9. The van der Waals surface area contributed by atoms with Crippen molar-refractivity contribution in [3.05, 3.63) is 71.8 Å². The quantitative estimate of drug-likeness (QED) is 0.698. The van der Waals surface area contributed by atoms with E-state index in [2.05, 4.69) is 11.9 Å². The summed E-state index contributed by atoms with van der Waals surface area (Å²) in [6.07, 6.45) is 1.69. The summed E-state index contributed by atoms with van der Waals surface area (Å²) in [6.45, 7) is 4.06. The lowest BCUT2D eigenvalue weighted by molar-refractivity contribution is -0.113. The van der Waals surface area contributed by atoms with Crippen molar-refractivity contribution in [1.82, 2.24) is 0 Å². The smallest absolute Gasteiger partial charge is 0.234 e. The molecule has 120 valence electrons. The van der Waals surface area contributed by atoms with Gasteiger partial charge in [-0.15, -0.1) is 11.8 Å². The molecule has 2 aromatic rings. The summed E-state index contributed by atoms with van der Waals surface area (Å²) in [5, 5.41) is 3.58. The molecule has 23 heavy (non-hydrogen) atoms. The number of ether oxygens (including phenoxy) is 1. The molecule has 2 rings (SSSR count). The van der Waals surface area contributed by atoms with Crippen LogP contribution in [-0.4, -0.2) is 18.3 Å². The Labute approximate surface area is 145 Å². The van der Waals surface area contributed by atoms with Gasteiger partial charge in [-0.2, -0.15) is 0 Å². The topological polar surface area (TPSA) is 38.3 Å². The molecule has 0 heterocycles. The standard InChI is InChI=1S/C18H18ClNO2S/c1-2-11-22-17-9-7-16(8-10-17)20-18(21)13-23-12-14-3-5-15(19)6-4-14/h2-10H,1,11-13H2,(H,20,21). The molecule has 0 fully saturated rings. The largest absolute Gasteiger partial charge is 0.490 e. The Morgan fingerprint density at radius 2 is 1.87 bits per heavy atom. The average Bonchev–Trinajstić information content (AvgIpc) is 2.56. The first-order valence-electron chi connectivity index (χ1n) is 7.13. The highest BCUT2D eigenvalue weighted by Gasteiger charge is 2.03. The molecule has 0 saturated carbocycles. The van der Waals surface area contributed by atoms with Crippen LogP contribution in [0, 0.1) is 0 Å². The van der Waals surface area contributed by atoms with E-state index in [-0.39, 0.29) is 5.91 Å². The van der Waals surface area contributed by atoms with E-state index < -0.39 is 0 Å². The van der Waals surface area contributed by atoms with E-state index in [1.54, 1.807) is 17.8 Å². The number of rotatable bonds is 8. The fourth-order valence-electron chi connectivity index (χ4n) is 1.83. The second-order valence-corrected chi connectivity index (χ2v) is 6.21. The lowest BCUT2D eigenvalue weighted by Crippen LogP contribution is -2.14. The van der Waals surface area contributed by atoms with Gasteiger partial charge in [-0.25, -0.2) is 0 Å². The van der Waals surface area contributed by atoms with Gasteiger partial charge in [-0.1, -0.05) is 36.4 Å². The molecular formula is C18H18ClNO2S. The molecule has 1 N–H and O–H groups in total. The van der Waals surface area contributed by atoms with Crippen molar-refractivity contribution in [2.45, 2.75) is 5.75 Å². The van der Waals surface area contributed by atoms with Crippen molar-refractivity contribution in [3.8, 4) is 5.75 Å². The first-order valence-corrected chi connectivity index (χ1v) is 8.66. The Bertz CT molecular complexity index is 641. The summed E-state index contributed by atoms with van der Waals surface area (Å²) in [5.74, 6) is 1.90. The van der Waals surface area contributed by atoms with Crippen LogP contribution in [0.25, 0.3) is 0 Å². The molecule has 0 unspecified atom stereocenters. The number of thioether (sulfide) groups is 1. The van der Waals surface area contributed by atoms with Crippen LogP contribution in [0.3, 0.4) is 0 Å². The van der Waals surface area contributed by atoms with Gasteiger partial charge in [-0.3, -0.25) is 4.79 Å². The van der Waals surface area contributed by atoms with Crippen molar-refractivity contribution in [3.63, 3.8) is 0 Å². The van der Waals surface area contributed by atoms with Crippen molar-refractivity contribution in [2.24, 2.45) is 0 Å². The number of halogens is 1. The zero-order chi connectivity index (χ0) is 16.5. The van der Waals surface area contributed by atoms with Crippen LogP contribution >= 0.6 is 23.4 Å². The van der Waals surface area contributed by atoms with Crippen LogP contribution in [0.2, 0.25) is 5.02 Å². The fourth-order valence-corrected chi connectivity index (χ4v) is 2.74. The predicted molar refractivity (Wildman–Crippen MR) is 98.4 cm³/mol. The molecule has 0 aliphatic rings. The van der Waals surface area contributed by atoms with Crippen molar-refractivity contribution in [2.75, 3.05) is 17.7 Å². The molecule has 0 radical (unpaired) electrons. The van der Waals surface area contributed by atoms with Crippen LogP contribution in [0.4, 0.5) is 5.69 Å². The van der Waals surface area contributed by atoms with Crippen LogP contribution in [0.5, 0.6) is 5.75 Å². The summed E-state index contributed by atoms with van der Waals surface area (Å²) in [6, 6.07) is 14.9. The Balaban J connectivity index is 1.73. The van der Waals surface area contributed by atoms with E-state index in [0.29, 0.717) is 12.4 Å². The molecular weight excluding hydrogens is 330 g/mol. The molecule has 3 nitrogen and oxygen atoms in total. The maximum atomic E-state index is 11.9. The first-order chi connectivity index (χ1) is 11.2. The predicted octanol–water partition coefficient (Wildman–Crippen LogP) is 4.78.